The van der Waals surface area contributed by atoms with Crippen LogP contribution in [0.4, 0.5) is 5.69 Å². The maximum absolute atomic E-state index is 6.02. The molecule has 0 unspecified atom stereocenters. The number of aliphatic imine (C=N–C) groups is 1. The number of nitrogens with zero attached hydrogens (tertiary/aromatic N) is 3. The summed E-state index contributed by atoms with van der Waals surface area (Å²) < 4.78 is 0. The summed E-state index contributed by atoms with van der Waals surface area (Å²) >= 11 is 6.02. The molecular weight excluding hydrogens is 262 g/mol. The third-order valence-corrected chi connectivity index (χ3v) is 3.42. The maximum atomic E-state index is 6.02. The van der Waals surface area contributed by atoms with Gasteiger partial charge in [-0.2, -0.15) is 0 Å². The predicted molar refractivity (Wildman–Crippen MR) is 80.5 cm³/mol. The second-order valence-electron chi connectivity index (χ2n) is 4.40. The molecule has 1 fully saturated rings. The fraction of sp³-hybridized carbons (Fsp3) is 0.462. The molecular formula is C13H20ClN5. The highest BCUT2D eigenvalue weighted by atomic mass is 35.5. The van der Waals surface area contributed by atoms with Crippen molar-refractivity contribution in [2.45, 2.75) is 6.92 Å². The molecule has 1 aromatic carbocycles. The van der Waals surface area contributed by atoms with Crippen molar-refractivity contribution in [3.05, 3.63) is 29.3 Å². The zero-order valence-electron chi connectivity index (χ0n) is 11.1. The van der Waals surface area contributed by atoms with Crippen LogP contribution in [0.15, 0.2) is 29.3 Å². The average molecular weight is 282 g/mol. The van der Waals surface area contributed by atoms with Crippen LogP contribution in [0, 0.1) is 0 Å². The van der Waals surface area contributed by atoms with E-state index in [0.717, 1.165) is 43.7 Å². The van der Waals surface area contributed by atoms with E-state index in [2.05, 4.69) is 26.3 Å². The van der Waals surface area contributed by atoms with Crippen LogP contribution in [-0.4, -0.2) is 43.6 Å². The first-order valence-corrected chi connectivity index (χ1v) is 6.89. The molecule has 0 saturated carbocycles. The monoisotopic (exact) mass is 281 g/mol. The lowest BCUT2D eigenvalue weighted by Gasteiger charge is -2.37. The molecule has 104 valence electrons. The molecule has 0 spiro atoms. The van der Waals surface area contributed by atoms with Crippen LogP contribution in [0.5, 0.6) is 0 Å². The Morgan fingerprint density at radius 2 is 2.11 bits per heavy atom. The molecule has 0 atom stereocenters. The van der Waals surface area contributed by atoms with Crippen LogP contribution in [0.1, 0.15) is 6.92 Å². The Hall–Kier alpha value is -1.46. The second kappa shape index (κ2) is 6.63. The van der Waals surface area contributed by atoms with Gasteiger partial charge in [0.2, 0.25) is 5.96 Å². The quantitative estimate of drug-likeness (QED) is 0.371. The normalized spacial score (nSPS) is 16.7. The number of piperazine rings is 1. The number of hydrazine groups is 1. The number of benzene rings is 1. The number of hydrogen-bond acceptors (Lipinski definition) is 3. The van der Waals surface area contributed by atoms with Gasteiger partial charge in [-0.15, -0.1) is 0 Å². The number of guanidine groups is 1. The lowest BCUT2D eigenvalue weighted by atomic mass is 10.2. The van der Waals surface area contributed by atoms with Gasteiger partial charge in [0.05, 0.1) is 0 Å². The van der Waals surface area contributed by atoms with Gasteiger partial charge in [0, 0.05) is 43.4 Å². The summed E-state index contributed by atoms with van der Waals surface area (Å²) in [5.74, 6) is 6.27. The molecule has 19 heavy (non-hydrogen) atoms. The van der Waals surface area contributed by atoms with Gasteiger partial charge in [0.25, 0.3) is 0 Å². The molecule has 5 nitrogen and oxygen atoms in total. The molecule has 2 rings (SSSR count). The molecule has 0 radical (unpaired) electrons. The zero-order valence-corrected chi connectivity index (χ0v) is 11.9. The van der Waals surface area contributed by atoms with Crippen molar-refractivity contribution in [3.8, 4) is 0 Å². The second-order valence-corrected chi connectivity index (χ2v) is 4.83. The van der Waals surface area contributed by atoms with Crippen LogP contribution in [0.25, 0.3) is 0 Å². The average Bonchev–Trinajstić information content (AvgIpc) is 2.45. The SMILES string of the molecule is CCN=C(NN)N1CCN(c2cccc(Cl)c2)CC1. The summed E-state index contributed by atoms with van der Waals surface area (Å²) in [6.45, 7) is 6.40. The van der Waals surface area contributed by atoms with Gasteiger partial charge >= 0.3 is 0 Å². The topological polar surface area (TPSA) is 56.9 Å². The van der Waals surface area contributed by atoms with Gasteiger partial charge in [-0.1, -0.05) is 17.7 Å². The van der Waals surface area contributed by atoms with Crippen LogP contribution >= 0.6 is 11.6 Å². The minimum absolute atomic E-state index is 0.730. The summed E-state index contributed by atoms with van der Waals surface area (Å²) in [5, 5.41) is 0.775. The number of hydrogen-bond donors (Lipinski definition) is 2. The van der Waals surface area contributed by atoms with Crippen molar-refractivity contribution in [2.24, 2.45) is 10.8 Å². The summed E-state index contributed by atoms with van der Waals surface area (Å²) in [5.41, 5.74) is 3.84. The predicted octanol–water partition coefficient (Wildman–Crippen LogP) is 1.30. The van der Waals surface area contributed by atoms with Crippen molar-refractivity contribution in [2.75, 3.05) is 37.6 Å². The van der Waals surface area contributed by atoms with Crippen molar-refractivity contribution >= 4 is 23.2 Å². The molecule has 0 amide bonds. The van der Waals surface area contributed by atoms with E-state index in [1.165, 1.54) is 5.69 Å². The van der Waals surface area contributed by atoms with E-state index in [9.17, 15) is 0 Å². The van der Waals surface area contributed by atoms with Gasteiger partial charge in [-0.3, -0.25) is 10.4 Å². The number of nitrogens with one attached hydrogen (secondary N) is 1. The molecule has 3 N–H and O–H groups in total. The molecule has 1 heterocycles. The van der Waals surface area contributed by atoms with E-state index < -0.39 is 0 Å². The first kappa shape index (κ1) is 14.0. The Balaban J connectivity index is 1.97. The third kappa shape index (κ3) is 3.52. The summed E-state index contributed by atoms with van der Waals surface area (Å²) in [4.78, 5) is 8.84. The Labute approximate surface area is 119 Å². The van der Waals surface area contributed by atoms with E-state index in [0.29, 0.717) is 0 Å². The Bertz CT molecular complexity index is 440. The van der Waals surface area contributed by atoms with Crippen molar-refractivity contribution < 1.29 is 0 Å². The number of nitrogens with two attached hydrogens (primary N) is 1. The van der Waals surface area contributed by atoms with Gasteiger partial charge in [0.15, 0.2) is 0 Å². The first-order chi connectivity index (χ1) is 9.24. The Morgan fingerprint density at radius 3 is 2.68 bits per heavy atom. The number of anilines is 1. The summed E-state index contributed by atoms with van der Waals surface area (Å²) in [6.07, 6.45) is 0. The van der Waals surface area contributed by atoms with Gasteiger partial charge < -0.3 is 9.80 Å². The van der Waals surface area contributed by atoms with Gasteiger partial charge in [-0.05, 0) is 25.1 Å². The minimum atomic E-state index is 0.730. The van der Waals surface area contributed by atoms with E-state index in [1.807, 2.05) is 25.1 Å². The molecule has 0 aliphatic carbocycles. The van der Waals surface area contributed by atoms with Gasteiger partial charge in [0.1, 0.15) is 0 Å². The first-order valence-electron chi connectivity index (χ1n) is 6.51. The molecule has 0 aromatic heterocycles. The highest BCUT2D eigenvalue weighted by molar-refractivity contribution is 6.30. The van der Waals surface area contributed by atoms with E-state index in [1.54, 1.807) is 0 Å². The largest absolute Gasteiger partial charge is 0.368 e. The standard InChI is InChI=1S/C13H20ClN5/c1-2-16-13(17-15)19-8-6-18(7-9-19)12-5-3-4-11(14)10-12/h3-5,10H,2,6-9,15H2,1H3,(H,16,17). The molecule has 1 aliphatic heterocycles. The van der Waals surface area contributed by atoms with Crippen molar-refractivity contribution in [1.82, 2.24) is 10.3 Å². The van der Waals surface area contributed by atoms with E-state index >= 15 is 0 Å². The van der Waals surface area contributed by atoms with Crippen LogP contribution in [0.3, 0.4) is 0 Å². The van der Waals surface area contributed by atoms with Crippen molar-refractivity contribution in [3.63, 3.8) is 0 Å². The van der Waals surface area contributed by atoms with Crippen LogP contribution < -0.4 is 16.2 Å². The minimum Gasteiger partial charge on any atom is -0.368 e. The maximum Gasteiger partial charge on any atom is 0.208 e. The molecule has 1 aromatic rings. The third-order valence-electron chi connectivity index (χ3n) is 3.19. The molecule has 0 bridgehead atoms. The highest BCUT2D eigenvalue weighted by Crippen LogP contribution is 2.20. The molecule has 6 heteroatoms. The fourth-order valence-corrected chi connectivity index (χ4v) is 2.42. The highest BCUT2D eigenvalue weighted by Gasteiger charge is 2.19. The summed E-state index contributed by atoms with van der Waals surface area (Å²) in [7, 11) is 0. The Morgan fingerprint density at radius 1 is 1.37 bits per heavy atom. The van der Waals surface area contributed by atoms with Crippen molar-refractivity contribution in [1.29, 1.82) is 0 Å². The summed E-state index contributed by atoms with van der Waals surface area (Å²) in [6, 6.07) is 7.96. The fourth-order valence-electron chi connectivity index (χ4n) is 2.24. The number of rotatable bonds is 2. The molecule has 1 aliphatic rings. The molecule has 1 saturated heterocycles. The lowest BCUT2D eigenvalue weighted by molar-refractivity contribution is 0.373. The Kier molecular flexibility index (Phi) is 4.87. The van der Waals surface area contributed by atoms with Crippen LogP contribution in [-0.2, 0) is 0 Å². The van der Waals surface area contributed by atoms with E-state index in [4.69, 9.17) is 17.4 Å². The van der Waals surface area contributed by atoms with E-state index in [-0.39, 0.29) is 0 Å². The van der Waals surface area contributed by atoms with Gasteiger partial charge in [-0.25, -0.2) is 5.84 Å². The zero-order chi connectivity index (χ0) is 13.7. The number of halogens is 1. The van der Waals surface area contributed by atoms with Crippen LogP contribution in [0.2, 0.25) is 5.02 Å². The smallest absolute Gasteiger partial charge is 0.208 e. The lowest BCUT2D eigenvalue weighted by Crippen LogP contribution is -2.54.